The van der Waals surface area contributed by atoms with E-state index in [9.17, 15) is 4.79 Å². The molecule has 0 saturated carbocycles. The summed E-state index contributed by atoms with van der Waals surface area (Å²) in [6, 6.07) is 7.93. The van der Waals surface area contributed by atoms with E-state index in [-0.39, 0.29) is 5.15 Å². The molecule has 0 bridgehead atoms. The molecule has 2 aromatic rings. The summed E-state index contributed by atoms with van der Waals surface area (Å²) in [5.41, 5.74) is 2.42. The Morgan fingerprint density at radius 2 is 2.05 bits per heavy atom. The van der Waals surface area contributed by atoms with Crippen LogP contribution in [0.3, 0.4) is 0 Å². The maximum atomic E-state index is 11.2. The molecule has 0 aliphatic rings. The van der Waals surface area contributed by atoms with Gasteiger partial charge >= 0.3 is 0 Å². The van der Waals surface area contributed by atoms with Crippen molar-refractivity contribution in [2.45, 2.75) is 13.8 Å². The van der Waals surface area contributed by atoms with Crippen molar-refractivity contribution in [2.24, 2.45) is 0 Å². The second-order valence-corrected chi connectivity index (χ2v) is 4.41. The van der Waals surface area contributed by atoms with E-state index >= 15 is 0 Å². The summed E-state index contributed by atoms with van der Waals surface area (Å²) in [6.07, 6.45) is 2.06. The average Bonchev–Trinajstić information content (AvgIpc) is 2.42. The first-order chi connectivity index (χ1) is 9.19. The van der Waals surface area contributed by atoms with Gasteiger partial charge in [0.25, 0.3) is 0 Å². The summed E-state index contributed by atoms with van der Waals surface area (Å²) in [6.45, 7) is 4.69. The maximum Gasteiger partial charge on any atom is 0.156 e. The van der Waals surface area contributed by atoms with Crippen LogP contribution >= 0.6 is 11.6 Å². The number of anilines is 2. The molecule has 0 aliphatic carbocycles. The Labute approximate surface area is 117 Å². The number of para-hydroxylation sites is 1. The number of aldehydes is 1. The SMILES string of the molecule is CCN(c1ccccc1C)c1ncnc(Cl)c1C=O. The van der Waals surface area contributed by atoms with E-state index in [0.29, 0.717) is 24.2 Å². The van der Waals surface area contributed by atoms with Crippen molar-refractivity contribution in [2.75, 3.05) is 11.4 Å². The third-order valence-corrected chi connectivity index (χ3v) is 3.21. The van der Waals surface area contributed by atoms with Gasteiger partial charge in [0.2, 0.25) is 0 Å². The largest absolute Gasteiger partial charge is 0.326 e. The maximum absolute atomic E-state index is 11.2. The van der Waals surface area contributed by atoms with Crippen molar-refractivity contribution >= 4 is 29.4 Å². The van der Waals surface area contributed by atoms with Gasteiger partial charge in [-0.15, -0.1) is 0 Å². The van der Waals surface area contributed by atoms with E-state index < -0.39 is 0 Å². The monoisotopic (exact) mass is 275 g/mol. The van der Waals surface area contributed by atoms with E-state index in [2.05, 4.69) is 9.97 Å². The second kappa shape index (κ2) is 5.80. The molecule has 0 spiro atoms. The van der Waals surface area contributed by atoms with Gasteiger partial charge in [-0.1, -0.05) is 29.8 Å². The molecule has 0 N–H and O–H groups in total. The smallest absolute Gasteiger partial charge is 0.156 e. The molecule has 19 heavy (non-hydrogen) atoms. The zero-order valence-corrected chi connectivity index (χ0v) is 11.6. The van der Waals surface area contributed by atoms with Gasteiger partial charge < -0.3 is 4.90 Å². The van der Waals surface area contributed by atoms with Gasteiger partial charge in [-0.3, -0.25) is 4.79 Å². The Hall–Kier alpha value is -1.94. The van der Waals surface area contributed by atoms with Gasteiger partial charge in [0.15, 0.2) is 6.29 Å². The minimum atomic E-state index is 0.173. The van der Waals surface area contributed by atoms with E-state index in [0.717, 1.165) is 11.3 Å². The average molecular weight is 276 g/mol. The number of hydrogen-bond acceptors (Lipinski definition) is 4. The van der Waals surface area contributed by atoms with Crippen LogP contribution in [0.4, 0.5) is 11.5 Å². The Balaban J connectivity index is 2.58. The lowest BCUT2D eigenvalue weighted by Crippen LogP contribution is -2.20. The standard InChI is InChI=1S/C14H14ClN3O/c1-3-18(12-7-5-4-6-10(12)2)14-11(8-19)13(15)16-9-17-14/h4-9H,3H2,1-2H3. The highest BCUT2D eigenvalue weighted by atomic mass is 35.5. The van der Waals surface area contributed by atoms with Crippen molar-refractivity contribution < 1.29 is 4.79 Å². The van der Waals surface area contributed by atoms with Gasteiger partial charge in [0.1, 0.15) is 17.3 Å². The first kappa shape index (κ1) is 13.5. The van der Waals surface area contributed by atoms with Crippen molar-refractivity contribution in [1.82, 2.24) is 9.97 Å². The lowest BCUT2D eigenvalue weighted by molar-refractivity contribution is 0.112. The predicted molar refractivity (Wildman–Crippen MR) is 76.3 cm³/mol. The fourth-order valence-corrected chi connectivity index (χ4v) is 2.16. The lowest BCUT2D eigenvalue weighted by Gasteiger charge is -2.25. The zero-order chi connectivity index (χ0) is 13.8. The summed E-state index contributed by atoms with van der Waals surface area (Å²) in [5, 5.41) is 0.173. The fourth-order valence-electron chi connectivity index (χ4n) is 1.98. The number of nitrogens with zero attached hydrogens (tertiary/aromatic N) is 3. The second-order valence-electron chi connectivity index (χ2n) is 4.05. The van der Waals surface area contributed by atoms with Crippen molar-refractivity contribution in [1.29, 1.82) is 0 Å². The molecule has 0 fully saturated rings. The highest BCUT2D eigenvalue weighted by molar-refractivity contribution is 6.32. The normalized spacial score (nSPS) is 10.3. The van der Waals surface area contributed by atoms with Gasteiger partial charge in [-0.2, -0.15) is 0 Å². The van der Waals surface area contributed by atoms with Crippen LogP contribution in [0.1, 0.15) is 22.8 Å². The number of aromatic nitrogens is 2. The number of rotatable bonds is 4. The summed E-state index contributed by atoms with van der Waals surface area (Å²) in [4.78, 5) is 21.2. The minimum absolute atomic E-state index is 0.173. The summed E-state index contributed by atoms with van der Waals surface area (Å²) < 4.78 is 0. The number of aryl methyl sites for hydroxylation is 1. The van der Waals surface area contributed by atoms with E-state index in [1.807, 2.05) is 43.0 Å². The molecular formula is C14H14ClN3O. The molecule has 98 valence electrons. The van der Waals surface area contributed by atoms with Crippen molar-refractivity contribution in [3.05, 3.63) is 46.9 Å². The Morgan fingerprint density at radius 3 is 2.68 bits per heavy atom. The molecule has 2 rings (SSSR count). The third-order valence-electron chi connectivity index (χ3n) is 2.91. The van der Waals surface area contributed by atoms with Crippen LogP contribution in [-0.2, 0) is 0 Å². The summed E-state index contributed by atoms with van der Waals surface area (Å²) in [5.74, 6) is 0.534. The highest BCUT2D eigenvalue weighted by Gasteiger charge is 2.17. The Morgan fingerprint density at radius 1 is 1.32 bits per heavy atom. The fraction of sp³-hybridized carbons (Fsp3) is 0.214. The first-order valence-corrected chi connectivity index (χ1v) is 6.35. The Bertz CT molecular complexity index is 601. The van der Waals surface area contributed by atoms with Gasteiger partial charge in [-0.25, -0.2) is 9.97 Å². The molecule has 0 atom stereocenters. The topological polar surface area (TPSA) is 46.1 Å². The van der Waals surface area contributed by atoms with Gasteiger partial charge in [0.05, 0.1) is 5.56 Å². The number of benzene rings is 1. The molecule has 4 nitrogen and oxygen atoms in total. The van der Waals surface area contributed by atoms with Crippen LogP contribution in [0.5, 0.6) is 0 Å². The van der Waals surface area contributed by atoms with Gasteiger partial charge in [-0.05, 0) is 25.5 Å². The molecule has 0 aliphatic heterocycles. The predicted octanol–water partition coefficient (Wildman–Crippen LogP) is 3.41. The molecule has 0 amide bonds. The third kappa shape index (κ3) is 2.58. The van der Waals surface area contributed by atoms with Crippen LogP contribution < -0.4 is 4.90 Å². The molecule has 0 radical (unpaired) electrons. The summed E-state index contributed by atoms with van der Waals surface area (Å²) in [7, 11) is 0. The van der Waals surface area contributed by atoms with Crippen molar-refractivity contribution in [3.8, 4) is 0 Å². The van der Waals surface area contributed by atoms with E-state index in [4.69, 9.17) is 11.6 Å². The number of hydrogen-bond donors (Lipinski definition) is 0. The van der Waals surface area contributed by atoms with Crippen LogP contribution in [0.25, 0.3) is 0 Å². The molecule has 5 heteroatoms. The van der Waals surface area contributed by atoms with E-state index in [1.165, 1.54) is 6.33 Å². The molecule has 1 heterocycles. The highest BCUT2D eigenvalue weighted by Crippen LogP contribution is 2.30. The van der Waals surface area contributed by atoms with Gasteiger partial charge in [0, 0.05) is 12.2 Å². The molecule has 0 saturated heterocycles. The zero-order valence-electron chi connectivity index (χ0n) is 10.8. The molecule has 0 unspecified atom stereocenters. The molecule has 1 aromatic carbocycles. The quantitative estimate of drug-likeness (QED) is 0.634. The number of carbonyl (C=O) groups excluding carboxylic acids is 1. The van der Waals surface area contributed by atoms with Crippen LogP contribution in [0.15, 0.2) is 30.6 Å². The van der Waals surface area contributed by atoms with Crippen LogP contribution in [0, 0.1) is 6.92 Å². The lowest BCUT2D eigenvalue weighted by atomic mass is 10.1. The Kier molecular flexibility index (Phi) is 4.12. The van der Waals surface area contributed by atoms with E-state index in [1.54, 1.807) is 0 Å². The summed E-state index contributed by atoms with van der Waals surface area (Å²) >= 11 is 5.95. The molecular weight excluding hydrogens is 262 g/mol. The number of halogens is 1. The van der Waals surface area contributed by atoms with Crippen molar-refractivity contribution in [3.63, 3.8) is 0 Å². The van der Waals surface area contributed by atoms with Crippen LogP contribution in [0.2, 0.25) is 5.15 Å². The number of carbonyl (C=O) groups is 1. The first-order valence-electron chi connectivity index (χ1n) is 5.97. The van der Waals surface area contributed by atoms with Crippen LogP contribution in [-0.4, -0.2) is 22.8 Å². The molecule has 1 aromatic heterocycles. The minimum Gasteiger partial charge on any atom is -0.326 e.